The van der Waals surface area contributed by atoms with Gasteiger partial charge in [-0.05, 0) is 34.5 Å². The smallest absolute Gasteiger partial charge is 0.252 e. The number of amides is 2. The van der Waals surface area contributed by atoms with Gasteiger partial charge in [-0.2, -0.15) is 0 Å². The van der Waals surface area contributed by atoms with Gasteiger partial charge >= 0.3 is 0 Å². The van der Waals surface area contributed by atoms with E-state index in [2.05, 4.69) is 26.6 Å². The molecule has 4 N–H and O–H groups in total. The lowest BCUT2D eigenvalue weighted by molar-refractivity contribution is -0.120. The zero-order valence-corrected chi connectivity index (χ0v) is 12.4. The summed E-state index contributed by atoms with van der Waals surface area (Å²) in [6.07, 6.45) is 1.17. The zero-order valence-electron chi connectivity index (χ0n) is 10.8. The molecule has 0 unspecified atom stereocenters. The molecule has 0 radical (unpaired) electrons. The summed E-state index contributed by atoms with van der Waals surface area (Å²) in [6.45, 7) is 2.95. The number of rotatable bonds is 6. The van der Waals surface area contributed by atoms with Gasteiger partial charge in [-0.3, -0.25) is 9.59 Å². The van der Waals surface area contributed by atoms with E-state index in [0.717, 1.165) is 6.42 Å². The molecule has 0 saturated heterocycles. The lowest BCUT2D eigenvalue weighted by Crippen LogP contribution is -2.31. The van der Waals surface area contributed by atoms with E-state index in [0.29, 0.717) is 28.8 Å². The van der Waals surface area contributed by atoms with E-state index >= 15 is 0 Å². The van der Waals surface area contributed by atoms with E-state index in [1.807, 2.05) is 6.92 Å². The van der Waals surface area contributed by atoms with Gasteiger partial charge in [-0.15, -0.1) is 0 Å². The summed E-state index contributed by atoms with van der Waals surface area (Å²) < 4.78 is 0.572. The van der Waals surface area contributed by atoms with Crippen LogP contribution in [0.2, 0.25) is 0 Å². The van der Waals surface area contributed by atoms with E-state index in [1.165, 1.54) is 0 Å². The number of nitrogens with one attached hydrogen (secondary N) is 2. The van der Waals surface area contributed by atoms with E-state index in [4.69, 9.17) is 5.73 Å². The Labute approximate surface area is 121 Å². The van der Waals surface area contributed by atoms with Gasteiger partial charge in [0.1, 0.15) is 0 Å². The maximum atomic E-state index is 11.9. The number of carbonyl (C=O) groups excluding carboxylic acids is 2. The minimum Gasteiger partial charge on any atom is -0.398 e. The molecule has 0 aliphatic rings. The van der Waals surface area contributed by atoms with Crippen molar-refractivity contribution in [2.24, 2.45) is 0 Å². The fourth-order valence-corrected chi connectivity index (χ4v) is 1.91. The fraction of sp³-hybridized carbons (Fsp3) is 0.385. The van der Waals surface area contributed by atoms with Gasteiger partial charge in [-0.25, -0.2) is 0 Å². The summed E-state index contributed by atoms with van der Waals surface area (Å²) in [5.74, 6) is -0.309. The molecule has 6 heteroatoms. The van der Waals surface area contributed by atoms with Gasteiger partial charge in [0.2, 0.25) is 5.91 Å². The number of anilines is 1. The summed E-state index contributed by atoms with van der Waals surface area (Å²) in [5.41, 5.74) is 6.67. The van der Waals surface area contributed by atoms with Crippen LogP contribution >= 0.6 is 15.9 Å². The maximum absolute atomic E-state index is 11.9. The number of carbonyl (C=O) groups is 2. The summed E-state index contributed by atoms with van der Waals surface area (Å²) in [4.78, 5) is 23.2. The molecule has 0 atom stereocenters. The third-order valence-corrected chi connectivity index (χ3v) is 3.37. The fourth-order valence-electron chi connectivity index (χ4n) is 1.46. The average Bonchev–Trinajstić information content (AvgIpc) is 2.39. The Kier molecular flexibility index (Phi) is 6.35. The van der Waals surface area contributed by atoms with Crippen LogP contribution in [0.3, 0.4) is 0 Å². The highest BCUT2D eigenvalue weighted by Crippen LogP contribution is 2.23. The first-order valence-corrected chi connectivity index (χ1v) is 6.94. The summed E-state index contributed by atoms with van der Waals surface area (Å²) in [5, 5.41) is 5.44. The predicted octanol–water partition coefficient (Wildman–Crippen LogP) is 1.68. The first-order valence-electron chi connectivity index (χ1n) is 6.15. The van der Waals surface area contributed by atoms with Gasteiger partial charge in [-0.1, -0.05) is 13.0 Å². The monoisotopic (exact) mass is 327 g/mol. The molecule has 0 aliphatic carbocycles. The highest BCUT2D eigenvalue weighted by Gasteiger charge is 2.11. The van der Waals surface area contributed by atoms with Crippen LogP contribution in [0.5, 0.6) is 0 Å². The van der Waals surface area contributed by atoms with Crippen molar-refractivity contribution in [3.8, 4) is 0 Å². The second-order valence-corrected chi connectivity index (χ2v) is 4.86. The minimum absolute atomic E-state index is 0.0613. The van der Waals surface area contributed by atoms with Gasteiger partial charge in [0.05, 0.1) is 10.0 Å². The molecule has 0 heterocycles. The molecule has 1 rings (SSSR count). The van der Waals surface area contributed by atoms with Crippen LogP contribution in [0.25, 0.3) is 0 Å². The molecule has 0 bridgehead atoms. The minimum atomic E-state index is -0.248. The highest BCUT2D eigenvalue weighted by atomic mass is 79.9. The van der Waals surface area contributed by atoms with Crippen LogP contribution in [0, 0.1) is 0 Å². The molecule has 104 valence electrons. The Balaban J connectivity index is 2.43. The molecule has 1 aromatic rings. The Morgan fingerprint density at radius 3 is 2.68 bits per heavy atom. The molecule has 0 fully saturated rings. The lowest BCUT2D eigenvalue weighted by atomic mass is 10.2. The predicted molar refractivity (Wildman–Crippen MR) is 78.8 cm³/mol. The van der Waals surface area contributed by atoms with Crippen LogP contribution in [0.1, 0.15) is 30.1 Å². The van der Waals surface area contributed by atoms with Crippen molar-refractivity contribution in [3.05, 3.63) is 28.2 Å². The standard InChI is InChI=1S/C13H18BrN3O2/c1-2-7-16-11(18)6-8-17-13(19)9-4-3-5-10(15)12(9)14/h3-5H,2,6-8,15H2,1H3,(H,16,18)(H,17,19). The van der Waals surface area contributed by atoms with Crippen molar-refractivity contribution in [2.45, 2.75) is 19.8 Å². The second kappa shape index (κ2) is 7.78. The molecular weight excluding hydrogens is 310 g/mol. The number of hydrogen-bond acceptors (Lipinski definition) is 3. The van der Waals surface area contributed by atoms with Crippen LogP contribution in [-0.4, -0.2) is 24.9 Å². The highest BCUT2D eigenvalue weighted by molar-refractivity contribution is 9.10. The Morgan fingerprint density at radius 2 is 2.00 bits per heavy atom. The van der Waals surface area contributed by atoms with Crippen LogP contribution in [0.4, 0.5) is 5.69 Å². The van der Waals surface area contributed by atoms with Crippen molar-refractivity contribution in [1.29, 1.82) is 0 Å². The van der Waals surface area contributed by atoms with E-state index < -0.39 is 0 Å². The summed E-state index contributed by atoms with van der Waals surface area (Å²) in [7, 11) is 0. The quantitative estimate of drug-likeness (QED) is 0.695. The number of nitrogens with two attached hydrogens (primary N) is 1. The van der Waals surface area contributed by atoms with Crippen molar-refractivity contribution in [3.63, 3.8) is 0 Å². The topological polar surface area (TPSA) is 84.2 Å². The Bertz CT molecular complexity index is 463. The van der Waals surface area contributed by atoms with Gasteiger partial charge in [0.25, 0.3) is 5.91 Å². The third-order valence-electron chi connectivity index (χ3n) is 2.48. The molecule has 1 aromatic carbocycles. The molecule has 0 aromatic heterocycles. The van der Waals surface area contributed by atoms with E-state index in [-0.39, 0.29) is 18.2 Å². The van der Waals surface area contributed by atoms with Crippen molar-refractivity contribution in [2.75, 3.05) is 18.8 Å². The van der Waals surface area contributed by atoms with Gasteiger partial charge in [0.15, 0.2) is 0 Å². The summed E-state index contributed by atoms with van der Waals surface area (Å²) in [6, 6.07) is 5.09. The largest absolute Gasteiger partial charge is 0.398 e. The van der Waals surface area contributed by atoms with E-state index in [1.54, 1.807) is 18.2 Å². The lowest BCUT2D eigenvalue weighted by Gasteiger charge is -2.08. The van der Waals surface area contributed by atoms with Crippen LogP contribution in [0.15, 0.2) is 22.7 Å². The van der Waals surface area contributed by atoms with E-state index in [9.17, 15) is 9.59 Å². The second-order valence-electron chi connectivity index (χ2n) is 4.06. The number of nitrogen functional groups attached to an aromatic ring is 1. The SMILES string of the molecule is CCCNC(=O)CCNC(=O)c1cccc(N)c1Br. The van der Waals surface area contributed by atoms with Crippen LogP contribution < -0.4 is 16.4 Å². The van der Waals surface area contributed by atoms with Crippen molar-refractivity contribution >= 4 is 33.4 Å². The summed E-state index contributed by atoms with van der Waals surface area (Å²) >= 11 is 3.27. The molecule has 19 heavy (non-hydrogen) atoms. The van der Waals surface area contributed by atoms with Crippen LogP contribution in [-0.2, 0) is 4.79 Å². The number of benzene rings is 1. The normalized spacial score (nSPS) is 10.0. The van der Waals surface area contributed by atoms with Crippen molar-refractivity contribution < 1.29 is 9.59 Å². The average molecular weight is 328 g/mol. The maximum Gasteiger partial charge on any atom is 0.252 e. The first kappa shape index (κ1) is 15.5. The third kappa shape index (κ3) is 4.90. The zero-order chi connectivity index (χ0) is 14.3. The molecule has 5 nitrogen and oxygen atoms in total. The molecule has 0 aliphatic heterocycles. The van der Waals surface area contributed by atoms with Gasteiger partial charge < -0.3 is 16.4 Å². The molecule has 0 saturated carbocycles. The Hall–Kier alpha value is -1.56. The number of hydrogen-bond donors (Lipinski definition) is 3. The number of halogens is 1. The molecular formula is C13H18BrN3O2. The van der Waals surface area contributed by atoms with Crippen molar-refractivity contribution in [1.82, 2.24) is 10.6 Å². The molecule has 2 amide bonds. The molecule has 0 spiro atoms. The first-order chi connectivity index (χ1) is 9.06. The Morgan fingerprint density at radius 1 is 1.26 bits per heavy atom. The van der Waals surface area contributed by atoms with Gasteiger partial charge in [0, 0.05) is 25.2 Å².